The van der Waals surface area contributed by atoms with Gasteiger partial charge in [0.2, 0.25) is 17.7 Å². The fourth-order valence-electron chi connectivity index (χ4n) is 5.02. The number of piperidine rings is 1. The highest BCUT2D eigenvalue weighted by molar-refractivity contribution is 5.91. The van der Waals surface area contributed by atoms with Gasteiger partial charge < -0.3 is 24.6 Å². The molecule has 3 amide bonds. The van der Waals surface area contributed by atoms with Gasteiger partial charge in [-0.2, -0.15) is 0 Å². The Hall–Kier alpha value is -2.77. The molecule has 1 saturated carbocycles. The Balaban J connectivity index is 1.04. The number of carbonyl (C=O) groups is 3. The van der Waals surface area contributed by atoms with Gasteiger partial charge in [0.15, 0.2) is 11.5 Å². The molecule has 0 bridgehead atoms. The van der Waals surface area contributed by atoms with Crippen molar-refractivity contribution in [1.29, 1.82) is 0 Å². The minimum Gasteiger partial charge on any atom is -0.486 e. The average molecular weight is 442 g/mol. The smallest absolute Gasteiger partial charge is 0.227 e. The molecule has 4 aliphatic rings. The van der Waals surface area contributed by atoms with Gasteiger partial charge >= 0.3 is 0 Å². The molecule has 0 spiro atoms. The summed E-state index contributed by atoms with van der Waals surface area (Å²) in [6.07, 6.45) is 5.64. The van der Waals surface area contributed by atoms with E-state index in [-0.39, 0.29) is 23.6 Å². The van der Waals surface area contributed by atoms with Crippen molar-refractivity contribution < 1.29 is 23.9 Å². The lowest BCUT2D eigenvalue weighted by Crippen LogP contribution is -2.42. The highest BCUT2D eigenvalue weighted by Gasteiger charge is 2.43. The lowest BCUT2D eigenvalue weighted by Gasteiger charge is -2.33. The predicted molar refractivity (Wildman–Crippen MR) is 117 cm³/mol. The van der Waals surface area contributed by atoms with E-state index >= 15 is 0 Å². The van der Waals surface area contributed by atoms with Crippen LogP contribution in [-0.2, 0) is 14.4 Å². The van der Waals surface area contributed by atoms with Gasteiger partial charge in [-0.05, 0) is 50.2 Å². The van der Waals surface area contributed by atoms with E-state index in [0.29, 0.717) is 61.7 Å². The Bertz CT molecular complexity index is 892. The van der Waals surface area contributed by atoms with Crippen LogP contribution in [0.25, 0.3) is 0 Å². The molecule has 1 aliphatic carbocycles. The topological polar surface area (TPSA) is 88.2 Å². The second-order valence-electron chi connectivity index (χ2n) is 9.39. The maximum atomic E-state index is 12.9. The van der Waals surface area contributed by atoms with E-state index in [2.05, 4.69) is 5.32 Å². The molecule has 172 valence electrons. The van der Waals surface area contributed by atoms with Crippen molar-refractivity contribution >= 4 is 23.4 Å². The number of fused-ring (bicyclic) bond motifs is 1. The minimum absolute atomic E-state index is 0.00943. The molecule has 1 aromatic carbocycles. The third kappa shape index (κ3) is 4.69. The van der Waals surface area contributed by atoms with Crippen molar-refractivity contribution in [2.24, 2.45) is 11.8 Å². The number of nitrogens with zero attached hydrogens (tertiary/aromatic N) is 2. The van der Waals surface area contributed by atoms with Crippen LogP contribution in [0, 0.1) is 11.8 Å². The van der Waals surface area contributed by atoms with Crippen LogP contribution in [0.15, 0.2) is 18.2 Å². The van der Waals surface area contributed by atoms with Crippen molar-refractivity contribution in [3.05, 3.63) is 18.2 Å². The van der Waals surface area contributed by atoms with Gasteiger partial charge in [0.05, 0.1) is 5.92 Å². The van der Waals surface area contributed by atoms with Crippen molar-refractivity contribution in [2.75, 3.05) is 38.2 Å². The van der Waals surface area contributed by atoms with Gasteiger partial charge in [0, 0.05) is 50.3 Å². The molecular weight excluding hydrogens is 410 g/mol. The monoisotopic (exact) mass is 441 g/mol. The Morgan fingerprint density at radius 1 is 1.03 bits per heavy atom. The van der Waals surface area contributed by atoms with Crippen LogP contribution >= 0.6 is 0 Å². The number of anilines is 1. The molecule has 5 rings (SSSR count). The molecular formula is C24H31N3O5. The van der Waals surface area contributed by atoms with E-state index in [4.69, 9.17) is 9.47 Å². The first kappa shape index (κ1) is 21.1. The van der Waals surface area contributed by atoms with E-state index in [1.807, 2.05) is 21.9 Å². The maximum absolute atomic E-state index is 12.9. The minimum atomic E-state index is -0.170. The Kier molecular flexibility index (Phi) is 5.93. The van der Waals surface area contributed by atoms with Crippen LogP contribution in [0.3, 0.4) is 0 Å². The zero-order valence-electron chi connectivity index (χ0n) is 18.4. The summed E-state index contributed by atoms with van der Waals surface area (Å²) in [7, 11) is 0. The van der Waals surface area contributed by atoms with Crippen LogP contribution in [0.2, 0.25) is 0 Å². The van der Waals surface area contributed by atoms with Gasteiger partial charge in [-0.1, -0.05) is 0 Å². The molecule has 0 aromatic heterocycles. The summed E-state index contributed by atoms with van der Waals surface area (Å²) >= 11 is 0. The molecule has 1 aromatic rings. The lowest BCUT2D eigenvalue weighted by molar-refractivity contribution is -0.137. The molecule has 32 heavy (non-hydrogen) atoms. The molecule has 3 fully saturated rings. The molecule has 3 aliphatic heterocycles. The Labute approximate surface area is 188 Å². The first-order valence-electron chi connectivity index (χ1n) is 11.8. The number of hydrogen-bond acceptors (Lipinski definition) is 5. The fraction of sp³-hybridized carbons (Fsp3) is 0.625. The van der Waals surface area contributed by atoms with Crippen molar-refractivity contribution in [2.45, 2.75) is 51.0 Å². The summed E-state index contributed by atoms with van der Waals surface area (Å²) in [6.45, 7) is 3.10. The van der Waals surface area contributed by atoms with Crippen molar-refractivity contribution in [1.82, 2.24) is 9.80 Å². The molecule has 1 atom stereocenters. The van der Waals surface area contributed by atoms with Gasteiger partial charge in [-0.25, -0.2) is 0 Å². The third-order valence-corrected chi connectivity index (χ3v) is 7.03. The standard InChI is InChI=1S/C24H31N3O5/c28-22(25-18-2-5-20-21(14-18)32-12-11-31-20)6-1-16-7-9-26(10-8-16)24(30)17-13-23(29)27(15-17)19-3-4-19/h2,5,14,16-17,19H,1,3-4,6-13,15H2,(H,25,28)/t17-/m0/s1. The van der Waals surface area contributed by atoms with Crippen LogP contribution in [-0.4, -0.2) is 66.4 Å². The van der Waals surface area contributed by atoms with E-state index < -0.39 is 0 Å². The molecule has 8 heteroatoms. The van der Waals surface area contributed by atoms with Crippen LogP contribution in [0.5, 0.6) is 11.5 Å². The van der Waals surface area contributed by atoms with Gasteiger partial charge in [0.1, 0.15) is 13.2 Å². The van der Waals surface area contributed by atoms with Crippen molar-refractivity contribution in [3.8, 4) is 11.5 Å². The summed E-state index contributed by atoms with van der Waals surface area (Å²) in [5.74, 6) is 1.91. The average Bonchev–Trinajstić information content (AvgIpc) is 3.58. The number of likely N-dealkylation sites (tertiary alicyclic amines) is 2. The van der Waals surface area contributed by atoms with E-state index in [9.17, 15) is 14.4 Å². The summed E-state index contributed by atoms with van der Waals surface area (Å²) in [6, 6.07) is 5.83. The van der Waals surface area contributed by atoms with Crippen LogP contribution in [0.4, 0.5) is 5.69 Å². The van der Waals surface area contributed by atoms with E-state index in [1.165, 1.54) is 0 Å². The fourth-order valence-corrected chi connectivity index (χ4v) is 5.02. The molecule has 1 N–H and O–H groups in total. The van der Waals surface area contributed by atoms with Gasteiger partial charge in [0.25, 0.3) is 0 Å². The maximum Gasteiger partial charge on any atom is 0.227 e. The number of rotatable bonds is 6. The van der Waals surface area contributed by atoms with Gasteiger partial charge in [-0.15, -0.1) is 0 Å². The Morgan fingerprint density at radius 3 is 2.53 bits per heavy atom. The van der Waals surface area contributed by atoms with Crippen LogP contribution in [0.1, 0.15) is 44.9 Å². The lowest BCUT2D eigenvalue weighted by atomic mass is 9.91. The highest BCUT2D eigenvalue weighted by atomic mass is 16.6. The number of benzene rings is 1. The summed E-state index contributed by atoms with van der Waals surface area (Å²) in [5.41, 5.74) is 0.714. The number of amides is 3. The quantitative estimate of drug-likeness (QED) is 0.733. The second kappa shape index (κ2) is 9.00. The van der Waals surface area contributed by atoms with Crippen molar-refractivity contribution in [3.63, 3.8) is 0 Å². The SMILES string of the molecule is O=C(CCC1CCN(C(=O)[C@H]2CC(=O)N(C3CC3)C2)CC1)Nc1ccc2c(c1)OCCO2. The number of carbonyl (C=O) groups excluding carboxylic acids is 3. The first-order valence-corrected chi connectivity index (χ1v) is 11.8. The van der Waals surface area contributed by atoms with E-state index in [0.717, 1.165) is 45.2 Å². The predicted octanol–water partition coefficient (Wildman–Crippen LogP) is 2.43. The largest absolute Gasteiger partial charge is 0.486 e. The number of ether oxygens (including phenoxy) is 2. The second-order valence-corrected chi connectivity index (χ2v) is 9.39. The van der Waals surface area contributed by atoms with Gasteiger partial charge in [-0.3, -0.25) is 14.4 Å². The first-order chi connectivity index (χ1) is 15.6. The number of hydrogen-bond donors (Lipinski definition) is 1. The molecule has 8 nitrogen and oxygen atoms in total. The number of nitrogens with one attached hydrogen (secondary N) is 1. The highest BCUT2D eigenvalue weighted by Crippen LogP contribution is 2.34. The van der Waals surface area contributed by atoms with E-state index in [1.54, 1.807) is 6.07 Å². The molecule has 2 saturated heterocycles. The summed E-state index contributed by atoms with van der Waals surface area (Å²) in [4.78, 5) is 41.3. The Morgan fingerprint density at radius 2 is 1.78 bits per heavy atom. The summed E-state index contributed by atoms with van der Waals surface area (Å²) < 4.78 is 11.1. The third-order valence-electron chi connectivity index (χ3n) is 7.03. The molecule has 0 unspecified atom stereocenters. The zero-order valence-corrected chi connectivity index (χ0v) is 18.4. The van der Waals surface area contributed by atoms with Crippen LogP contribution < -0.4 is 14.8 Å². The zero-order chi connectivity index (χ0) is 22.1. The summed E-state index contributed by atoms with van der Waals surface area (Å²) in [5, 5.41) is 2.94. The molecule has 0 radical (unpaired) electrons. The normalized spacial score (nSPS) is 23.4. The molecule has 3 heterocycles.